The van der Waals surface area contributed by atoms with Crippen LogP contribution in [0.3, 0.4) is 0 Å². The highest BCUT2D eigenvalue weighted by Crippen LogP contribution is 2.28. The summed E-state index contributed by atoms with van der Waals surface area (Å²) in [5.74, 6) is 1.06. The summed E-state index contributed by atoms with van der Waals surface area (Å²) in [5, 5.41) is 0. The van der Waals surface area contributed by atoms with Crippen LogP contribution >= 0.6 is 15.9 Å². The zero-order valence-electron chi connectivity index (χ0n) is 10.8. The Labute approximate surface area is 111 Å². The number of halogens is 1. The number of benzene rings is 1. The smallest absolute Gasteiger partial charge is 0.142 e. The molecule has 1 rings (SSSR count). The molecule has 0 saturated heterocycles. The van der Waals surface area contributed by atoms with Crippen molar-refractivity contribution < 1.29 is 9.53 Å². The minimum atomic E-state index is -0.244. The standard InChI is InChI=1S/C14H19BrO2/c1-5-14(2,3)13(16)9-10-6-7-12(17-4)11(15)8-10/h6-8H,5,9H2,1-4H3. The zero-order chi connectivity index (χ0) is 13.1. The van der Waals surface area contributed by atoms with Crippen molar-refractivity contribution in [1.82, 2.24) is 0 Å². The first-order valence-corrected chi connectivity index (χ1v) is 6.55. The molecule has 0 N–H and O–H groups in total. The molecule has 0 fully saturated rings. The van der Waals surface area contributed by atoms with Crippen molar-refractivity contribution in [3.8, 4) is 5.75 Å². The number of ether oxygens (including phenoxy) is 1. The number of methoxy groups -OCH3 is 1. The maximum atomic E-state index is 12.1. The molecule has 0 unspecified atom stereocenters. The minimum Gasteiger partial charge on any atom is -0.496 e. The molecule has 1 aromatic carbocycles. The highest BCUT2D eigenvalue weighted by molar-refractivity contribution is 9.10. The Hall–Kier alpha value is -0.830. The zero-order valence-corrected chi connectivity index (χ0v) is 12.4. The largest absolute Gasteiger partial charge is 0.496 e. The number of ketones is 1. The number of hydrogen-bond donors (Lipinski definition) is 0. The van der Waals surface area contributed by atoms with E-state index < -0.39 is 0 Å². The lowest BCUT2D eigenvalue weighted by molar-refractivity contribution is -0.126. The summed E-state index contributed by atoms with van der Waals surface area (Å²) >= 11 is 3.43. The van der Waals surface area contributed by atoms with E-state index in [0.717, 1.165) is 22.2 Å². The molecule has 3 heteroatoms. The Balaban J connectivity index is 2.83. The van der Waals surface area contributed by atoms with Crippen molar-refractivity contribution in [1.29, 1.82) is 0 Å². The highest BCUT2D eigenvalue weighted by Gasteiger charge is 2.24. The predicted molar refractivity (Wildman–Crippen MR) is 73.5 cm³/mol. The van der Waals surface area contributed by atoms with Gasteiger partial charge in [-0.3, -0.25) is 4.79 Å². The maximum Gasteiger partial charge on any atom is 0.142 e. The van der Waals surface area contributed by atoms with Crippen LogP contribution in [-0.4, -0.2) is 12.9 Å². The third kappa shape index (κ3) is 3.56. The fourth-order valence-corrected chi connectivity index (χ4v) is 2.03. The van der Waals surface area contributed by atoms with Crippen molar-refractivity contribution in [3.05, 3.63) is 28.2 Å². The van der Waals surface area contributed by atoms with Crippen LogP contribution in [0, 0.1) is 5.41 Å². The first-order valence-electron chi connectivity index (χ1n) is 5.76. The van der Waals surface area contributed by atoms with Crippen LogP contribution < -0.4 is 4.74 Å². The minimum absolute atomic E-state index is 0.244. The topological polar surface area (TPSA) is 26.3 Å². The van der Waals surface area contributed by atoms with Gasteiger partial charge in [0.1, 0.15) is 11.5 Å². The Morgan fingerprint density at radius 3 is 2.53 bits per heavy atom. The van der Waals surface area contributed by atoms with Gasteiger partial charge in [-0.15, -0.1) is 0 Å². The van der Waals surface area contributed by atoms with Gasteiger partial charge in [-0.2, -0.15) is 0 Å². The van der Waals surface area contributed by atoms with E-state index in [0.29, 0.717) is 6.42 Å². The molecule has 1 aromatic rings. The molecular formula is C14H19BrO2. The Bertz CT molecular complexity index is 411. The fraction of sp³-hybridized carbons (Fsp3) is 0.500. The number of carbonyl (C=O) groups excluding carboxylic acids is 1. The summed E-state index contributed by atoms with van der Waals surface area (Å²) in [7, 11) is 1.63. The molecule has 0 spiro atoms. The van der Waals surface area contributed by atoms with Gasteiger partial charge in [0.2, 0.25) is 0 Å². The Kier molecular flexibility index (Phi) is 4.75. The van der Waals surface area contributed by atoms with Gasteiger partial charge < -0.3 is 4.74 Å². The molecular weight excluding hydrogens is 280 g/mol. The van der Waals surface area contributed by atoms with Crippen molar-refractivity contribution in [3.63, 3.8) is 0 Å². The molecule has 0 aliphatic heterocycles. The van der Waals surface area contributed by atoms with E-state index >= 15 is 0 Å². The molecule has 0 aliphatic rings. The van der Waals surface area contributed by atoms with Gasteiger partial charge in [0.15, 0.2) is 0 Å². The summed E-state index contributed by atoms with van der Waals surface area (Å²) in [4.78, 5) is 12.1. The Morgan fingerprint density at radius 1 is 1.41 bits per heavy atom. The predicted octanol–water partition coefficient (Wildman–Crippen LogP) is 4.01. The van der Waals surface area contributed by atoms with Crippen LogP contribution in [0.1, 0.15) is 32.8 Å². The monoisotopic (exact) mass is 298 g/mol. The summed E-state index contributed by atoms with van der Waals surface area (Å²) in [5.41, 5.74) is 0.774. The SMILES string of the molecule is CCC(C)(C)C(=O)Cc1ccc(OC)c(Br)c1. The van der Waals surface area contributed by atoms with Gasteiger partial charge in [0.25, 0.3) is 0 Å². The van der Waals surface area contributed by atoms with E-state index in [9.17, 15) is 4.79 Å². The quantitative estimate of drug-likeness (QED) is 0.821. The van der Waals surface area contributed by atoms with Crippen LogP contribution in [0.15, 0.2) is 22.7 Å². The lowest BCUT2D eigenvalue weighted by atomic mass is 9.82. The average molecular weight is 299 g/mol. The normalized spacial score (nSPS) is 11.4. The fourth-order valence-electron chi connectivity index (χ4n) is 1.44. The van der Waals surface area contributed by atoms with Gasteiger partial charge >= 0.3 is 0 Å². The summed E-state index contributed by atoms with van der Waals surface area (Å²) in [6, 6.07) is 5.77. The van der Waals surface area contributed by atoms with Gasteiger partial charge in [0.05, 0.1) is 11.6 Å². The molecule has 0 aromatic heterocycles. The average Bonchev–Trinajstić information content (AvgIpc) is 2.29. The van der Waals surface area contributed by atoms with Crippen LogP contribution in [0.4, 0.5) is 0 Å². The second-order valence-electron chi connectivity index (χ2n) is 4.81. The molecule has 0 amide bonds. The van der Waals surface area contributed by atoms with E-state index in [4.69, 9.17) is 4.74 Å². The van der Waals surface area contributed by atoms with E-state index in [1.807, 2.05) is 39.0 Å². The first-order chi connectivity index (χ1) is 7.90. The molecule has 0 saturated carbocycles. The van der Waals surface area contributed by atoms with Crippen LogP contribution in [0.5, 0.6) is 5.75 Å². The Morgan fingerprint density at radius 2 is 2.06 bits per heavy atom. The van der Waals surface area contributed by atoms with E-state index in [-0.39, 0.29) is 11.2 Å². The van der Waals surface area contributed by atoms with Crippen molar-refractivity contribution in [2.45, 2.75) is 33.6 Å². The third-order valence-electron chi connectivity index (χ3n) is 3.22. The number of hydrogen-bond acceptors (Lipinski definition) is 2. The second-order valence-corrected chi connectivity index (χ2v) is 5.66. The molecule has 0 bridgehead atoms. The maximum absolute atomic E-state index is 12.1. The molecule has 2 nitrogen and oxygen atoms in total. The molecule has 17 heavy (non-hydrogen) atoms. The van der Waals surface area contributed by atoms with Gasteiger partial charge in [-0.25, -0.2) is 0 Å². The molecule has 0 heterocycles. The molecule has 0 atom stereocenters. The van der Waals surface area contributed by atoms with E-state index in [2.05, 4.69) is 15.9 Å². The van der Waals surface area contributed by atoms with Crippen molar-refractivity contribution in [2.75, 3.05) is 7.11 Å². The molecule has 0 radical (unpaired) electrons. The summed E-state index contributed by atoms with van der Waals surface area (Å²) in [6.07, 6.45) is 1.34. The van der Waals surface area contributed by atoms with Gasteiger partial charge in [-0.1, -0.05) is 26.8 Å². The number of Topliss-reactive ketones (excluding diaryl/α,β-unsaturated/α-hetero) is 1. The second kappa shape index (κ2) is 5.67. The van der Waals surface area contributed by atoms with E-state index in [1.54, 1.807) is 7.11 Å². The van der Waals surface area contributed by atoms with Crippen LogP contribution in [-0.2, 0) is 11.2 Å². The summed E-state index contributed by atoms with van der Waals surface area (Å²) in [6.45, 7) is 6.03. The van der Waals surface area contributed by atoms with Crippen molar-refractivity contribution >= 4 is 21.7 Å². The summed E-state index contributed by atoms with van der Waals surface area (Å²) < 4.78 is 6.05. The third-order valence-corrected chi connectivity index (χ3v) is 3.84. The van der Waals surface area contributed by atoms with Crippen LogP contribution in [0.2, 0.25) is 0 Å². The van der Waals surface area contributed by atoms with Crippen LogP contribution in [0.25, 0.3) is 0 Å². The molecule has 0 aliphatic carbocycles. The van der Waals surface area contributed by atoms with Gasteiger partial charge in [0, 0.05) is 11.8 Å². The first kappa shape index (κ1) is 14.2. The lowest BCUT2D eigenvalue weighted by Crippen LogP contribution is -2.24. The lowest BCUT2D eigenvalue weighted by Gasteiger charge is -2.20. The number of rotatable bonds is 5. The highest BCUT2D eigenvalue weighted by atomic mass is 79.9. The van der Waals surface area contributed by atoms with Crippen molar-refractivity contribution in [2.24, 2.45) is 5.41 Å². The van der Waals surface area contributed by atoms with Gasteiger partial charge in [-0.05, 0) is 40.0 Å². The number of carbonyl (C=O) groups is 1. The molecule has 94 valence electrons. The van der Waals surface area contributed by atoms with E-state index in [1.165, 1.54) is 0 Å².